The second kappa shape index (κ2) is 7.92. The predicted molar refractivity (Wildman–Crippen MR) is 131 cm³/mol. The van der Waals surface area contributed by atoms with Crippen molar-refractivity contribution >= 4 is 5.97 Å². The molecule has 0 radical (unpaired) electrons. The highest BCUT2D eigenvalue weighted by Gasteiger charge is 2.70. The molecule has 2 saturated heterocycles. The van der Waals surface area contributed by atoms with Gasteiger partial charge in [0, 0.05) is 19.4 Å². The molecule has 0 unspecified atom stereocenters. The standard InChI is InChI=1S/C29H47NO4/c1-16-12-25(33-18(3)31)29(30-15-16)17(2)26-24(34-29)14-23-21-7-6-19-13-20(32)8-10-27(19,4)22(21)9-11-28(23,26)5/h16-17,19-26,30,32H,6-15H2,1-5H3/t16-,17-,19-,20-,21+,22-,23-,24-,25+,26-,27-,28-,29-/m0/s1. The fraction of sp³-hybridized carbons (Fsp3) is 0.966. The maximum atomic E-state index is 12.0. The molecule has 4 aliphatic carbocycles. The SMILES string of the molecule is CC(=O)O[C@@H]1C[C@H](C)CN[C@@]12O[C@H]1C[C@H]3[C@@H]4CC[C@H]5C[C@@H](O)CC[C@]5(C)[C@H]4CC[C@]3(C)[C@H]1[C@@H]2C. The zero-order valence-corrected chi connectivity index (χ0v) is 22.0. The van der Waals surface area contributed by atoms with E-state index in [1.807, 2.05) is 0 Å². The number of aliphatic hydroxyl groups excluding tert-OH is 1. The molecule has 0 aromatic heterocycles. The number of carbonyl (C=O) groups is 1. The van der Waals surface area contributed by atoms with Crippen molar-refractivity contribution in [2.45, 2.75) is 116 Å². The van der Waals surface area contributed by atoms with Crippen LogP contribution in [0.4, 0.5) is 0 Å². The molecule has 6 fully saturated rings. The van der Waals surface area contributed by atoms with Crippen LogP contribution in [-0.4, -0.2) is 41.7 Å². The Balaban J connectivity index is 1.27. The zero-order chi connectivity index (χ0) is 24.0. The number of carbonyl (C=O) groups excluding carboxylic acids is 1. The first-order valence-corrected chi connectivity index (χ1v) is 14.4. The first kappa shape index (κ1) is 23.7. The van der Waals surface area contributed by atoms with Crippen molar-refractivity contribution in [3.63, 3.8) is 0 Å². The molecule has 6 rings (SSSR count). The van der Waals surface area contributed by atoms with Gasteiger partial charge in [0.1, 0.15) is 6.10 Å². The Bertz CT molecular complexity index is 833. The van der Waals surface area contributed by atoms with Gasteiger partial charge in [-0.2, -0.15) is 0 Å². The number of rotatable bonds is 1. The smallest absolute Gasteiger partial charge is 0.303 e. The summed E-state index contributed by atoms with van der Waals surface area (Å²) in [7, 11) is 0. The predicted octanol–water partition coefficient (Wildman–Crippen LogP) is 4.91. The highest BCUT2D eigenvalue weighted by molar-refractivity contribution is 5.66. The Morgan fingerprint density at radius 2 is 1.76 bits per heavy atom. The molecule has 192 valence electrons. The van der Waals surface area contributed by atoms with Gasteiger partial charge >= 0.3 is 5.97 Å². The second-order valence-corrected chi connectivity index (χ2v) is 13.9. The lowest BCUT2D eigenvalue weighted by atomic mass is 9.44. The monoisotopic (exact) mass is 473 g/mol. The van der Waals surface area contributed by atoms with Gasteiger partial charge in [-0.3, -0.25) is 10.1 Å². The van der Waals surface area contributed by atoms with E-state index in [4.69, 9.17) is 9.47 Å². The Labute approximate surface area is 206 Å². The minimum Gasteiger partial charge on any atom is -0.458 e. The molecule has 13 atom stereocenters. The number of hydrogen-bond acceptors (Lipinski definition) is 5. The third-order valence-corrected chi connectivity index (χ3v) is 12.4. The lowest BCUT2D eigenvalue weighted by molar-refractivity contribution is -0.201. The van der Waals surface area contributed by atoms with E-state index < -0.39 is 5.72 Å². The van der Waals surface area contributed by atoms with Gasteiger partial charge in [0.05, 0.1) is 12.2 Å². The number of nitrogens with one attached hydrogen (secondary N) is 1. The number of hydrogen-bond donors (Lipinski definition) is 2. The summed E-state index contributed by atoms with van der Waals surface area (Å²) in [6.45, 7) is 12.2. The maximum Gasteiger partial charge on any atom is 0.303 e. The average Bonchev–Trinajstić information content (AvgIpc) is 3.22. The van der Waals surface area contributed by atoms with Crippen molar-refractivity contribution in [3.8, 4) is 0 Å². The quantitative estimate of drug-likeness (QED) is 0.530. The number of aliphatic hydroxyl groups is 1. The van der Waals surface area contributed by atoms with Gasteiger partial charge in [-0.1, -0.05) is 27.7 Å². The molecule has 1 spiro atoms. The van der Waals surface area contributed by atoms with E-state index in [-0.39, 0.29) is 24.3 Å². The van der Waals surface area contributed by atoms with E-state index >= 15 is 0 Å². The van der Waals surface area contributed by atoms with E-state index in [1.54, 1.807) is 0 Å². The first-order valence-electron chi connectivity index (χ1n) is 14.4. The summed E-state index contributed by atoms with van der Waals surface area (Å²) in [5.41, 5.74) is 0.190. The Hall–Kier alpha value is -0.650. The Morgan fingerprint density at radius 1 is 1.00 bits per heavy atom. The van der Waals surface area contributed by atoms with Crippen molar-refractivity contribution in [2.75, 3.05) is 6.54 Å². The van der Waals surface area contributed by atoms with Crippen LogP contribution in [0, 0.1) is 52.3 Å². The van der Waals surface area contributed by atoms with Crippen molar-refractivity contribution < 1.29 is 19.4 Å². The number of esters is 1. The lowest BCUT2D eigenvalue weighted by Gasteiger charge is -2.61. The molecule has 2 aliphatic heterocycles. The van der Waals surface area contributed by atoms with Gasteiger partial charge in [-0.05, 0) is 104 Å². The summed E-state index contributed by atoms with van der Waals surface area (Å²) in [6, 6.07) is 0. The molecule has 6 aliphatic rings. The van der Waals surface area contributed by atoms with Gasteiger partial charge in [0.15, 0.2) is 5.72 Å². The third-order valence-electron chi connectivity index (χ3n) is 12.4. The first-order chi connectivity index (χ1) is 16.1. The number of fused-ring (bicyclic) bond motifs is 7. The van der Waals surface area contributed by atoms with Crippen LogP contribution in [-0.2, 0) is 14.3 Å². The fourth-order valence-electron chi connectivity index (χ4n) is 10.9. The van der Waals surface area contributed by atoms with Crippen LogP contribution in [0.15, 0.2) is 0 Å². The highest BCUT2D eigenvalue weighted by Crippen LogP contribution is 2.71. The normalized spacial score (nSPS) is 58.5. The summed E-state index contributed by atoms with van der Waals surface area (Å²) in [4.78, 5) is 12.0. The van der Waals surface area contributed by atoms with Gasteiger partial charge in [0.2, 0.25) is 0 Å². The van der Waals surface area contributed by atoms with E-state index in [1.165, 1.54) is 45.4 Å². The summed E-state index contributed by atoms with van der Waals surface area (Å²) in [6.07, 6.45) is 10.5. The van der Waals surface area contributed by atoms with Gasteiger partial charge in [-0.15, -0.1) is 0 Å². The van der Waals surface area contributed by atoms with Crippen LogP contribution < -0.4 is 5.32 Å². The molecule has 4 saturated carbocycles. The number of piperidine rings is 1. The maximum absolute atomic E-state index is 12.0. The van der Waals surface area contributed by atoms with Crippen LogP contribution in [0.2, 0.25) is 0 Å². The zero-order valence-electron chi connectivity index (χ0n) is 22.0. The molecule has 2 heterocycles. The molecule has 5 heteroatoms. The Kier molecular flexibility index (Phi) is 5.53. The molecule has 2 N–H and O–H groups in total. The van der Waals surface area contributed by atoms with Crippen LogP contribution in [0.5, 0.6) is 0 Å². The largest absolute Gasteiger partial charge is 0.458 e. The van der Waals surface area contributed by atoms with E-state index in [9.17, 15) is 9.90 Å². The highest BCUT2D eigenvalue weighted by atomic mass is 16.6. The van der Waals surface area contributed by atoms with Crippen molar-refractivity contribution in [1.29, 1.82) is 0 Å². The Morgan fingerprint density at radius 3 is 2.53 bits per heavy atom. The van der Waals surface area contributed by atoms with Crippen LogP contribution >= 0.6 is 0 Å². The summed E-state index contributed by atoms with van der Waals surface area (Å²) < 4.78 is 13.0. The fourth-order valence-corrected chi connectivity index (χ4v) is 10.9. The second-order valence-electron chi connectivity index (χ2n) is 13.9. The molecular weight excluding hydrogens is 426 g/mol. The third kappa shape index (κ3) is 3.18. The van der Waals surface area contributed by atoms with Crippen LogP contribution in [0.1, 0.15) is 92.4 Å². The van der Waals surface area contributed by atoms with Crippen molar-refractivity contribution in [1.82, 2.24) is 5.32 Å². The molecule has 0 aromatic carbocycles. The summed E-state index contributed by atoms with van der Waals surface area (Å²) in [5, 5.41) is 14.1. The molecule has 0 amide bonds. The van der Waals surface area contributed by atoms with Crippen molar-refractivity contribution in [2.24, 2.45) is 52.3 Å². The van der Waals surface area contributed by atoms with E-state index in [2.05, 4.69) is 33.0 Å². The number of ether oxygens (including phenoxy) is 2. The topological polar surface area (TPSA) is 67.8 Å². The van der Waals surface area contributed by atoms with Crippen LogP contribution in [0.3, 0.4) is 0 Å². The van der Waals surface area contributed by atoms with E-state index in [0.717, 1.165) is 43.6 Å². The van der Waals surface area contributed by atoms with Crippen LogP contribution in [0.25, 0.3) is 0 Å². The molecule has 5 nitrogen and oxygen atoms in total. The van der Waals surface area contributed by atoms with Gasteiger partial charge in [-0.25, -0.2) is 0 Å². The molecule has 34 heavy (non-hydrogen) atoms. The summed E-state index contributed by atoms with van der Waals surface area (Å²) in [5.74, 6) is 4.20. The average molecular weight is 474 g/mol. The molecular formula is C29H47NO4. The molecule has 0 aromatic rings. The van der Waals surface area contributed by atoms with Gasteiger partial charge < -0.3 is 14.6 Å². The summed E-state index contributed by atoms with van der Waals surface area (Å²) >= 11 is 0. The minimum atomic E-state index is -0.526. The lowest BCUT2D eigenvalue weighted by Crippen LogP contribution is -2.65. The van der Waals surface area contributed by atoms with Crippen molar-refractivity contribution in [3.05, 3.63) is 0 Å². The van der Waals surface area contributed by atoms with Gasteiger partial charge in [0.25, 0.3) is 0 Å². The minimum absolute atomic E-state index is 0.0735. The van der Waals surface area contributed by atoms with E-state index in [0.29, 0.717) is 34.5 Å². The molecule has 0 bridgehead atoms.